The third kappa shape index (κ3) is 5.68. The fraction of sp³-hybridized carbons (Fsp3) is 0.276. The van der Waals surface area contributed by atoms with Crippen LogP contribution in [-0.2, 0) is 0 Å². The SMILES string of the molecule is C=CCCC1CCC(C#Cc2ccc(C(=O)Oc3ccc4c(F)c(F)ccc4c3)cc2)CC1. The van der Waals surface area contributed by atoms with Crippen LogP contribution in [-0.4, -0.2) is 5.97 Å². The Morgan fingerprint density at radius 3 is 2.52 bits per heavy atom. The number of rotatable bonds is 5. The fourth-order valence-corrected chi connectivity index (χ4v) is 4.30. The Bertz CT molecular complexity index is 1210. The number of allylic oxidation sites excluding steroid dienone is 1. The van der Waals surface area contributed by atoms with Crippen molar-refractivity contribution in [3.8, 4) is 17.6 Å². The first-order valence-corrected chi connectivity index (χ1v) is 11.4. The van der Waals surface area contributed by atoms with E-state index in [1.54, 1.807) is 12.1 Å². The molecule has 1 saturated carbocycles. The van der Waals surface area contributed by atoms with Crippen LogP contribution < -0.4 is 4.74 Å². The molecule has 3 aromatic rings. The molecule has 1 aliphatic carbocycles. The van der Waals surface area contributed by atoms with Gasteiger partial charge in [0.2, 0.25) is 0 Å². The van der Waals surface area contributed by atoms with E-state index in [0.29, 0.717) is 16.9 Å². The van der Waals surface area contributed by atoms with Crippen molar-refractivity contribution in [2.45, 2.75) is 38.5 Å². The summed E-state index contributed by atoms with van der Waals surface area (Å²) in [4.78, 5) is 12.5. The summed E-state index contributed by atoms with van der Waals surface area (Å²) in [5.41, 5.74) is 1.26. The summed E-state index contributed by atoms with van der Waals surface area (Å²) in [6.45, 7) is 3.80. The molecule has 0 aromatic heterocycles. The number of fused-ring (bicyclic) bond motifs is 1. The van der Waals surface area contributed by atoms with E-state index in [9.17, 15) is 13.6 Å². The summed E-state index contributed by atoms with van der Waals surface area (Å²) in [7, 11) is 0. The Morgan fingerprint density at radius 1 is 1.03 bits per heavy atom. The second-order valence-electron chi connectivity index (χ2n) is 8.56. The molecule has 0 amide bonds. The topological polar surface area (TPSA) is 26.3 Å². The summed E-state index contributed by atoms with van der Waals surface area (Å²) in [5, 5.41) is 0.600. The van der Waals surface area contributed by atoms with E-state index in [1.807, 2.05) is 18.2 Å². The maximum atomic E-state index is 13.8. The van der Waals surface area contributed by atoms with Crippen LogP contribution >= 0.6 is 0 Å². The van der Waals surface area contributed by atoms with Crippen LogP contribution in [0.15, 0.2) is 67.3 Å². The maximum absolute atomic E-state index is 13.8. The second-order valence-corrected chi connectivity index (χ2v) is 8.56. The molecule has 33 heavy (non-hydrogen) atoms. The monoisotopic (exact) mass is 444 g/mol. The van der Waals surface area contributed by atoms with Crippen molar-refractivity contribution >= 4 is 16.7 Å². The number of halogens is 2. The molecule has 168 valence electrons. The van der Waals surface area contributed by atoms with Gasteiger partial charge < -0.3 is 4.74 Å². The van der Waals surface area contributed by atoms with E-state index in [4.69, 9.17) is 4.74 Å². The van der Waals surface area contributed by atoms with Gasteiger partial charge in [0.1, 0.15) is 5.75 Å². The van der Waals surface area contributed by atoms with Crippen molar-refractivity contribution in [3.63, 3.8) is 0 Å². The quantitative estimate of drug-likeness (QED) is 0.177. The highest BCUT2D eigenvalue weighted by molar-refractivity contribution is 5.92. The zero-order valence-electron chi connectivity index (χ0n) is 18.5. The third-order valence-electron chi connectivity index (χ3n) is 6.26. The summed E-state index contributed by atoms with van der Waals surface area (Å²) in [5.74, 6) is 5.78. The predicted molar refractivity (Wildman–Crippen MR) is 127 cm³/mol. The van der Waals surface area contributed by atoms with Crippen LogP contribution in [0.3, 0.4) is 0 Å². The molecule has 0 N–H and O–H groups in total. The molecule has 2 nitrogen and oxygen atoms in total. The van der Waals surface area contributed by atoms with Crippen LogP contribution in [0.1, 0.15) is 54.4 Å². The van der Waals surface area contributed by atoms with Crippen LogP contribution in [0, 0.1) is 35.3 Å². The lowest BCUT2D eigenvalue weighted by atomic mass is 9.80. The van der Waals surface area contributed by atoms with Gasteiger partial charge in [-0.3, -0.25) is 0 Å². The number of carbonyl (C=O) groups excluding carboxylic acids is 1. The molecule has 4 heteroatoms. The fourth-order valence-electron chi connectivity index (χ4n) is 4.30. The highest BCUT2D eigenvalue weighted by Gasteiger charge is 2.19. The van der Waals surface area contributed by atoms with Crippen molar-refractivity contribution in [3.05, 3.63) is 90.0 Å². The Kier molecular flexibility index (Phi) is 7.19. The number of esters is 1. The van der Waals surface area contributed by atoms with Gasteiger partial charge in [0.25, 0.3) is 0 Å². The molecule has 1 aliphatic rings. The van der Waals surface area contributed by atoms with Gasteiger partial charge in [-0.1, -0.05) is 24.0 Å². The highest BCUT2D eigenvalue weighted by atomic mass is 19.2. The predicted octanol–water partition coefficient (Wildman–Crippen LogP) is 7.46. The van der Waals surface area contributed by atoms with Crippen molar-refractivity contribution < 1.29 is 18.3 Å². The first-order chi connectivity index (χ1) is 16.0. The minimum absolute atomic E-state index is 0.142. The Balaban J connectivity index is 1.35. The van der Waals surface area contributed by atoms with Crippen LogP contribution in [0.4, 0.5) is 8.78 Å². The van der Waals surface area contributed by atoms with Gasteiger partial charge in [-0.05, 0) is 98.4 Å². The largest absolute Gasteiger partial charge is 0.423 e. The molecule has 1 fully saturated rings. The zero-order valence-corrected chi connectivity index (χ0v) is 18.5. The van der Waals surface area contributed by atoms with Crippen molar-refractivity contribution in [1.29, 1.82) is 0 Å². The number of ether oxygens (including phenoxy) is 1. The molecule has 3 aromatic carbocycles. The molecule has 0 aliphatic heterocycles. The van der Waals surface area contributed by atoms with E-state index in [2.05, 4.69) is 18.4 Å². The average Bonchev–Trinajstić information content (AvgIpc) is 2.84. The van der Waals surface area contributed by atoms with Gasteiger partial charge in [0, 0.05) is 16.9 Å². The Morgan fingerprint density at radius 2 is 1.79 bits per heavy atom. The lowest BCUT2D eigenvalue weighted by molar-refractivity contribution is 0.0735. The Labute approximate surface area is 193 Å². The number of carbonyl (C=O) groups is 1. The molecule has 0 spiro atoms. The molecule has 0 unspecified atom stereocenters. The molecule has 4 rings (SSSR count). The summed E-state index contributed by atoms with van der Waals surface area (Å²) in [6.07, 6.45) is 9.06. The van der Waals surface area contributed by atoms with E-state index in [-0.39, 0.29) is 11.1 Å². The van der Waals surface area contributed by atoms with Gasteiger partial charge in [-0.25, -0.2) is 13.6 Å². The highest BCUT2D eigenvalue weighted by Crippen LogP contribution is 2.31. The van der Waals surface area contributed by atoms with Crippen LogP contribution in [0.5, 0.6) is 5.75 Å². The number of benzene rings is 3. The summed E-state index contributed by atoms with van der Waals surface area (Å²) < 4.78 is 32.6. The first-order valence-electron chi connectivity index (χ1n) is 11.4. The van der Waals surface area contributed by atoms with Gasteiger partial charge in [-0.15, -0.1) is 6.58 Å². The van der Waals surface area contributed by atoms with E-state index < -0.39 is 17.6 Å². The lowest BCUT2D eigenvalue weighted by Gasteiger charge is -2.25. The second kappa shape index (κ2) is 10.4. The molecule has 0 saturated heterocycles. The molecule has 0 atom stereocenters. The van der Waals surface area contributed by atoms with Crippen molar-refractivity contribution in [2.24, 2.45) is 11.8 Å². The first kappa shape index (κ1) is 22.7. The van der Waals surface area contributed by atoms with Crippen molar-refractivity contribution in [2.75, 3.05) is 0 Å². The van der Waals surface area contributed by atoms with Crippen molar-refractivity contribution in [1.82, 2.24) is 0 Å². The maximum Gasteiger partial charge on any atom is 0.343 e. The lowest BCUT2D eigenvalue weighted by Crippen LogP contribution is -2.13. The normalized spacial score (nSPS) is 17.8. The van der Waals surface area contributed by atoms with Gasteiger partial charge in [0.05, 0.1) is 5.56 Å². The van der Waals surface area contributed by atoms with E-state index >= 15 is 0 Å². The third-order valence-corrected chi connectivity index (χ3v) is 6.26. The Hall–Kier alpha value is -3.45. The number of hydrogen-bond donors (Lipinski definition) is 0. The minimum Gasteiger partial charge on any atom is -0.423 e. The van der Waals surface area contributed by atoms with Gasteiger partial charge in [-0.2, -0.15) is 0 Å². The molecular weight excluding hydrogens is 418 g/mol. The van der Waals surface area contributed by atoms with Crippen LogP contribution in [0.25, 0.3) is 10.8 Å². The smallest absolute Gasteiger partial charge is 0.343 e. The molecule has 0 radical (unpaired) electrons. The summed E-state index contributed by atoms with van der Waals surface area (Å²) >= 11 is 0. The zero-order chi connectivity index (χ0) is 23.2. The summed E-state index contributed by atoms with van der Waals surface area (Å²) in [6, 6.07) is 13.9. The molecule has 0 heterocycles. The van der Waals surface area contributed by atoms with Gasteiger partial charge in [0.15, 0.2) is 11.6 Å². The average molecular weight is 445 g/mol. The number of hydrogen-bond acceptors (Lipinski definition) is 2. The standard InChI is InChI=1S/C29H26F2O2/c1-2-3-4-20-5-7-21(8-6-20)9-10-22-11-13-23(14-12-22)29(32)33-25-16-17-26-24(19-25)15-18-27(30)28(26)31/h2,11-21H,1,3-8H2. The molecule has 0 bridgehead atoms. The minimum atomic E-state index is -0.914. The van der Waals surface area contributed by atoms with E-state index in [0.717, 1.165) is 36.8 Å². The van der Waals surface area contributed by atoms with Crippen LogP contribution in [0.2, 0.25) is 0 Å². The molecular formula is C29H26F2O2. The van der Waals surface area contributed by atoms with Gasteiger partial charge >= 0.3 is 5.97 Å². The van der Waals surface area contributed by atoms with E-state index in [1.165, 1.54) is 43.5 Å².